The lowest BCUT2D eigenvalue weighted by atomic mass is 10.0. The Labute approximate surface area is 156 Å². The van der Waals surface area contributed by atoms with Crippen molar-refractivity contribution in [1.29, 1.82) is 0 Å². The number of carbonyl (C=O) groups excluding carboxylic acids is 3. The van der Waals surface area contributed by atoms with Gasteiger partial charge in [-0.15, -0.1) is 11.3 Å². The van der Waals surface area contributed by atoms with Crippen LogP contribution in [-0.2, 0) is 20.9 Å². The number of esters is 1. The van der Waals surface area contributed by atoms with Gasteiger partial charge < -0.3 is 15.4 Å². The Morgan fingerprint density at radius 2 is 1.81 bits per heavy atom. The zero-order valence-electron chi connectivity index (χ0n) is 14.7. The molecule has 1 atom stereocenters. The third-order valence-corrected chi connectivity index (χ3v) is 4.50. The highest BCUT2D eigenvalue weighted by Crippen LogP contribution is 2.11. The predicted molar refractivity (Wildman–Crippen MR) is 99.7 cm³/mol. The van der Waals surface area contributed by atoms with Gasteiger partial charge >= 0.3 is 5.97 Å². The van der Waals surface area contributed by atoms with Crippen LogP contribution in [0.25, 0.3) is 0 Å². The molecule has 0 unspecified atom stereocenters. The van der Waals surface area contributed by atoms with Gasteiger partial charge in [0.1, 0.15) is 6.04 Å². The molecule has 1 aromatic heterocycles. The second-order valence-electron chi connectivity index (χ2n) is 6.04. The highest BCUT2D eigenvalue weighted by atomic mass is 32.1. The summed E-state index contributed by atoms with van der Waals surface area (Å²) in [4.78, 5) is 36.8. The zero-order valence-corrected chi connectivity index (χ0v) is 15.5. The number of thiophene rings is 1. The van der Waals surface area contributed by atoms with Crippen LogP contribution in [0.3, 0.4) is 0 Å². The van der Waals surface area contributed by atoms with Crippen molar-refractivity contribution in [3.8, 4) is 0 Å². The first-order valence-corrected chi connectivity index (χ1v) is 9.17. The van der Waals surface area contributed by atoms with Crippen LogP contribution in [0.1, 0.15) is 29.1 Å². The van der Waals surface area contributed by atoms with Crippen molar-refractivity contribution >= 4 is 29.1 Å². The number of benzene rings is 1. The molecule has 7 heteroatoms. The van der Waals surface area contributed by atoms with Gasteiger partial charge in [-0.2, -0.15) is 0 Å². The van der Waals surface area contributed by atoms with Crippen molar-refractivity contribution in [3.05, 3.63) is 58.3 Å². The lowest BCUT2D eigenvalue weighted by Crippen LogP contribution is -2.46. The Kier molecular flexibility index (Phi) is 7.35. The molecule has 0 bridgehead atoms. The average molecular weight is 374 g/mol. The smallest absolute Gasteiger partial charge is 0.329 e. The summed E-state index contributed by atoms with van der Waals surface area (Å²) >= 11 is 1.29. The molecule has 26 heavy (non-hydrogen) atoms. The molecule has 1 heterocycles. The van der Waals surface area contributed by atoms with Gasteiger partial charge in [-0.3, -0.25) is 9.59 Å². The SMILES string of the molecule is CC(C)[C@H](NC(=O)c1cccs1)C(=O)OCC(=O)NCc1ccccc1. The van der Waals surface area contributed by atoms with E-state index < -0.39 is 17.9 Å². The van der Waals surface area contributed by atoms with Crippen LogP contribution < -0.4 is 10.6 Å². The highest BCUT2D eigenvalue weighted by molar-refractivity contribution is 7.12. The van der Waals surface area contributed by atoms with Crippen LogP contribution in [0.2, 0.25) is 0 Å². The number of nitrogens with one attached hydrogen (secondary N) is 2. The third-order valence-electron chi connectivity index (χ3n) is 3.63. The van der Waals surface area contributed by atoms with E-state index >= 15 is 0 Å². The summed E-state index contributed by atoms with van der Waals surface area (Å²) < 4.78 is 5.07. The quantitative estimate of drug-likeness (QED) is 0.695. The summed E-state index contributed by atoms with van der Waals surface area (Å²) in [5.41, 5.74) is 0.954. The van der Waals surface area contributed by atoms with Crippen molar-refractivity contribution in [2.75, 3.05) is 6.61 Å². The highest BCUT2D eigenvalue weighted by Gasteiger charge is 2.27. The Balaban J connectivity index is 1.81. The standard InChI is InChI=1S/C19H22N2O4S/c1-13(2)17(21-18(23)15-9-6-10-26-15)19(24)25-12-16(22)20-11-14-7-4-3-5-8-14/h3-10,13,17H,11-12H2,1-2H3,(H,20,22)(H,21,23)/t17-/m0/s1. The molecular formula is C19H22N2O4S. The van der Waals surface area contributed by atoms with Crippen molar-refractivity contribution < 1.29 is 19.1 Å². The van der Waals surface area contributed by atoms with Gasteiger partial charge in [-0.05, 0) is 22.9 Å². The maximum Gasteiger partial charge on any atom is 0.329 e. The Hall–Kier alpha value is -2.67. The third kappa shape index (κ3) is 6.00. The summed E-state index contributed by atoms with van der Waals surface area (Å²) in [5.74, 6) is -1.52. The van der Waals surface area contributed by atoms with E-state index in [4.69, 9.17) is 4.74 Å². The lowest BCUT2D eigenvalue weighted by molar-refractivity contribution is -0.151. The fourth-order valence-corrected chi connectivity index (χ4v) is 2.82. The molecule has 0 fully saturated rings. The van der Waals surface area contributed by atoms with Gasteiger partial charge in [-0.1, -0.05) is 50.2 Å². The zero-order chi connectivity index (χ0) is 18.9. The monoisotopic (exact) mass is 374 g/mol. The maximum atomic E-state index is 12.3. The number of hydrogen-bond acceptors (Lipinski definition) is 5. The first-order valence-electron chi connectivity index (χ1n) is 8.29. The summed E-state index contributed by atoms with van der Waals surface area (Å²) in [7, 11) is 0. The molecule has 2 amide bonds. The summed E-state index contributed by atoms with van der Waals surface area (Å²) in [6, 6.07) is 12.1. The molecule has 6 nitrogen and oxygen atoms in total. The van der Waals surface area contributed by atoms with Gasteiger partial charge in [-0.25, -0.2) is 4.79 Å². The molecule has 0 spiro atoms. The van der Waals surface area contributed by atoms with E-state index in [9.17, 15) is 14.4 Å². The minimum atomic E-state index is -0.813. The van der Waals surface area contributed by atoms with E-state index in [0.29, 0.717) is 11.4 Å². The van der Waals surface area contributed by atoms with Gasteiger partial charge in [0.15, 0.2) is 6.61 Å². The second kappa shape index (κ2) is 9.72. The molecular weight excluding hydrogens is 352 g/mol. The molecule has 0 saturated heterocycles. The minimum absolute atomic E-state index is 0.168. The number of rotatable bonds is 8. The van der Waals surface area contributed by atoms with Crippen molar-refractivity contribution in [2.24, 2.45) is 5.92 Å². The molecule has 0 aliphatic rings. The molecule has 138 valence electrons. The second-order valence-corrected chi connectivity index (χ2v) is 6.99. The fourth-order valence-electron chi connectivity index (χ4n) is 2.19. The minimum Gasteiger partial charge on any atom is -0.454 e. The molecule has 2 rings (SSSR count). The largest absolute Gasteiger partial charge is 0.454 e. The van der Waals surface area contributed by atoms with E-state index in [1.807, 2.05) is 30.3 Å². The van der Waals surface area contributed by atoms with Gasteiger partial charge in [0.05, 0.1) is 4.88 Å². The van der Waals surface area contributed by atoms with Crippen molar-refractivity contribution in [2.45, 2.75) is 26.4 Å². The number of amides is 2. The van der Waals surface area contributed by atoms with Crippen LogP contribution in [0.15, 0.2) is 47.8 Å². The number of ether oxygens (including phenoxy) is 1. The first kappa shape index (κ1) is 19.7. The Bertz CT molecular complexity index is 729. The summed E-state index contributed by atoms with van der Waals surface area (Å²) in [6.07, 6.45) is 0. The van der Waals surface area contributed by atoms with Crippen LogP contribution >= 0.6 is 11.3 Å². The maximum absolute atomic E-state index is 12.3. The fraction of sp³-hybridized carbons (Fsp3) is 0.316. The topological polar surface area (TPSA) is 84.5 Å². The van der Waals surface area contributed by atoms with Crippen LogP contribution in [-0.4, -0.2) is 30.4 Å². The first-order chi connectivity index (χ1) is 12.5. The normalized spacial score (nSPS) is 11.7. The predicted octanol–water partition coefficient (Wildman–Crippen LogP) is 2.36. The number of hydrogen-bond donors (Lipinski definition) is 2. The average Bonchev–Trinajstić information content (AvgIpc) is 3.17. The summed E-state index contributed by atoms with van der Waals surface area (Å²) in [5, 5.41) is 7.14. The van der Waals surface area contributed by atoms with Gasteiger partial charge in [0.2, 0.25) is 0 Å². The van der Waals surface area contributed by atoms with E-state index in [1.165, 1.54) is 11.3 Å². The molecule has 2 N–H and O–H groups in total. The van der Waals surface area contributed by atoms with Gasteiger partial charge in [0.25, 0.3) is 11.8 Å². The molecule has 0 radical (unpaired) electrons. The number of carbonyl (C=O) groups is 3. The van der Waals surface area contributed by atoms with Gasteiger partial charge in [0, 0.05) is 6.54 Å². The van der Waals surface area contributed by atoms with E-state index in [2.05, 4.69) is 10.6 Å². The van der Waals surface area contributed by atoms with Crippen LogP contribution in [0.4, 0.5) is 0 Å². The van der Waals surface area contributed by atoms with Crippen molar-refractivity contribution in [3.63, 3.8) is 0 Å². The van der Waals surface area contributed by atoms with E-state index in [1.54, 1.807) is 31.4 Å². The molecule has 0 aliphatic carbocycles. The van der Waals surface area contributed by atoms with Crippen molar-refractivity contribution in [1.82, 2.24) is 10.6 Å². The van der Waals surface area contributed by atoms with E-state index in [-0.39, 0.29) is 18.4 Å². The van der Waals surface area contributed by atoms with Crippen LogP contribution in [0, 0.1) is 5.92 Å². The Morgan fingerprint density at radius 3 is 2.42 bits per heavy atom. The molecule has 0 aliphatic heterocycles. The lowest BCUT2D eigenvalue weighted by Gasteiger charge is -2.20. The summed E-state index contributed by atoms with van der Waals surface area (Å²) in [6.45, 7) is 3.58. The van der Waals surface area contributed by atoms with Crippen LogP contribution in [0.5, 0.6) is 0 Å². The Morgan fingerprint density at radius 1 is 1.08 bits per heavy atom. The molecule has 0 saturated carbocycles. The van der Waals surface area contributed by atoms with E-state index in [0.717, 1.165) is 5.56 Å². The molecule has 1 aromatic carbocycles. The molecule has 2 aromatic rings.